The van der Waals surface area contributed by atoms with Gasteiger partial charge < -0.3 is 5.32 Å². The van der Waals surface area contributed by atoms with E-state index in [1.807, 2.05) is 5.43 Å². The van der Waals surface area contributed by atoms with Gasteiger partial charge in [-0.2, -0.15) is 0 Å². The number of urea groups is 1. The van der Waals surface area contributed by atoms with Gasteiger partial charge in [-0.3, -0.25) is 10.6 Å². The summed E-state index contributed by atoms with van der Waals surface area (Å²) in [6.45, 7) is 0. The maximum atomic E-state index is 9.97. The number of hydrogen-bond acceptors (Lipinski definition) is 3. The van der Waals surface area contributed by atoms with Gasteiger partial charge in [0, 0.05) is 7.05 Å². The summed E-state index contributed by atoms with van der Waals surface area (Å²) in [6.07, 6.45) is 0. The molecule has 5 nitrogen and oxygen atoms in total. The van der Waals surface area contributed by atoms with E-state index in [0.717, 1.165) is 0 Å². The molecule has 0 fully saturated rings. The highest BCUT2D eigenvalue weighted by atomic mass is 16.5. The summed E-state index contributed by atoms with van der Waals surface area (Å²) in [7, 11) is 1.44. The van der Waals surface area contributed by atoms with Crippen LogP contribution in [0.2, 0.25) is 0 Å². The molecule has 0 heterocycles. The first kappa shape index (κ1) is 6.19. The van der Waals surface area contributed by atoms with Crippen LogP contribution in [0.4, 0.5) is 4.79 Å². The van der Waals surface area contributed by atoms with Gasteiger partial charge in [-0.1, -0.05) is 0 Å². The average Bonchev–Trinajstić information content (AvgIpc) is 1.68. The molecule has 5 heteroatoms. The molecule has 42 valence electrons. The van der Waals surface area contributed by atoms with Crippen molar-refractivity contribution in [3.05, 3.63) is 0 Å². The molecule has 0 aliphatic heterocycles. The lowest BCUT2D eigenvalue weighted by Crippen LogP contribution is -2.40. The largest absolute Gasteiger partial charge is 0.340 e. The van der Waals surface area contributed by atoms with Crippen LogP contribution in [0, 0.1) is 0 Å². The van der Waals surface area contributed by atoms with Crippen molar-refractivity contribution >= 4 is 6.03 Å². The van der Waals surface area contributed by atoms with Crippen LogP contribution in [0.15, 0.2) is 0 Å². The molecule has 0 rings (SSSR count). The standard InChI is InChI=1S/C2H7N3O2/c1-3-2(6)4-5-7/h5,7H,1H3,(H2,3,4,6). The molecule has 0 aliphatic carbocycles. The Hall–Kier alpha value is -0.810. The van der Waals surface area contributed by atoms with Crippen LogP contribution in [0.1, 0.15) is 0 Å². The predicted molar refractivity (Wildman–Crippen MR) is 22.5 cm³/mol. The third-order valence-corrected chi connectivity index (χ3v) is 0.396. The normalized spacial score (nSPS) is 7.71. The molecule has 0 radical (unpaired) electrons. The van der Waals surface area contributed by atoms with Crippen molar-refractivity contribution in [1.29, 1.82) is 0 Å². The Balaban J connectivity index is 3.00. The van der Waals surface area contributed by atoms with E-state index >= 15 is 0 Å². The maximum absolute atomic E-state index is 9.97. The molecular formula is C2H7N3O2. The molecule has 2 amide bonds. The first-order valence-corrected chi connectivity index (χ1v) is 1.68. The molecule has 7 heavy (non-hydrogen) atoms. The lowest BCUT2D eigenvalue weighted by atomic mass is 11.0. The van der Waals surface area contributed by atoms with Crippen LogP contribution in [0.25, 0.3) is 0 Å². The topological polar surface area (TPSA) is 73.4 Å². The summed E-state index contributed by atoms with van der Waals surface area (Å²) in [5.41, 5.74) is 3.31. The predicted octanol–water partition coefficient (Wildman–Crippen LogP) is -1.19. The maximum Gasteiger partial charge on any atom is 0.330 e. The van der Waals surface area contributed by atoms with Crippen molar-refractivity contribution in [2.45, 2.75) is 0 Å². The Bertz CT molecular complexity index is 64.0. The van der Waals surface area contributed by atoms with Gasteiger partial charge in [0.25, 0.3) is 0 Å². The molecule has 0 saturated heterocycles. The van der Waals surface area contributed by atoms with Gasteiger partial charge in [0.2, 0.25) is 0 Å². The molecule has 0 aromatic carbocycles. The Labute approximate surface area is 40.6 Å². The third kappa shape index (κ3) is 3.01. The minimum Gasteiger partial charge on any atom is -0.340 e. The molecule has 0 aliphatic rings. The van der Waals surface area contributed by atoms with Crippen molar-refractivity contribution in [2.75, 3.05) is 7.05 Å². The van der Waals surface area contributed by atoms with Crippen molar-refractivity contribution in [1.82, 2.24) is 16.3 Å². The summed E-state index contributed by atoms with van der Waals surface area (Å²) < 4.78 is 0. The highest BCUT2D eigenvalue weighted by molar-refractivity contribution is 5.72. The molecule has 0 aromatic heterocycles. The van der Waals surface area contributed by atoms with Crippen LogP contribution in [-0.4, -0.2) is 18.3 Å². The number of rotatable bonds is 1. The lowest BCUT2D eigenvalue weighted by molar-refractivity contribution is 0.127. The van der Waals surface area contributed by atoms with Crippen molar-refractivity contribution in [3.63, 3.8) is 0 Å². The zero-order valence-corrected chi connectivity index (χ0v) is 3.86. The van der Waals surface area contributed by atoms with E-state index in [4.69, 9.17) is 5.21 Å². The van der Waals surface area contributed by atoms with Gasteiger partial charge in [0.15, 0.2) is 0 Å². The second-order valence-electron chi connectivity index (χ2n) is 0.816. The van der Waals surface area contributed by atoms with Gasteiger partial charge in [-0.05, 0) is 0 Å². The Morgan fingerprint density at radius 1 is 1.71 bits per heavy atom. The lowest BCUT2D eigenvalue weighted by Gasteiger charge is -1.96. The summed E-state index contributed by atoms with van der Waals surface area (Å²) in [6, 6.07) is -0.484. The number of carbonyl (C=O) groups is 1. The second kappa shape index (κ2) is 3.38. The van der Waals surface area contributed by atoms with Crippen LogP contribution in [0.5, 0.6) is 0 Å². The molecule has 0 atom stereocenters. The Morgan fingerprint density at radius 3 is 2.43 bits per heavy atom. The third-order valence-electron chi connectivity index (χ3n) is 0.396. The summed E-state index contributed by atoms with van der Waals surface area (Å²) in [5.74, 6) is 0. The van der Waals surface area contributed by atoms with E-state index in [1.165, 1.54) is 12.6 Å². The summed E-state index contributed by atoms with van der Waals surface area (Å²) in [4.78, 5) is 9.97. The molecule has 0 unspecified atom stereocenters. The van der Waals surface area contributed by atoms with Crippen LogP contribution in [0.3, 0.4) is 0 Å². The quantitative estimate of drug-likeness (QED) is 0.317. The fourth-order valence-electron chi connectivity index (χ4n) is 0.113. The van der Waals surface area contributed by atoms with E-state index < -0.39 is 6.03 Å². The van der Waals surface area contributed by atoms with Crippen molar-refractivity contribution in [2.24, 2.45) is 0 Å². The second-order valence-corrected chi connectivity index (χ2v) is 0.816. The SMILES string of the molecule is CNC(=O)NNO. The Kier molecular flexibility index (Phi) is 2.99. The van der Waals surface area contributed by atoms with E-state index in [1.54, 1.807) is 0 Å². The van der Waals surface area contributed by atoms with Crippen molar-refractivity contribution in [3.8, 4) is 0 Å². The fraction of sp³-hybridized carbons (Fsp3) is 0.500. The molecule has 0 aromatic rings. The van der Waals surface area contributed by atoms with Gasteiger partial charge in [-0.15, -0.1) is 5.59 Å². The number of nitrogens with one attached hydrogen (secondary N) is 3. The smallest absolute Gasteiger partial charge is 0.330 e. The van der Waals surface area contributed by atoms with Gasteiger partial charge in [0.1, 0.15) is 0 Å². The van der Waals surface area contributed by atoms with Crippen LogP contribution < -0.4 is 16.3 Å². The van der Waals surface area contributed by atoms with E-state index in [0.29, 0.717) is 0 Å². The fourth-order valence-corrected chi connectivity index (χ4v) is 0.113. The van der Waals surface area contributed by atoms with E-state index in [2.05, 4.69) is 5.32 Å². The highest BCUT2D eigenvalue weighted by Crippen LogP contribution is 1.49. The van der Waals surface area contributed by atoms with Crippen molar-refractivity contribution < 1.29 is 10.0 Å². The minimum atomic E-state index is -0.484. The molecular weight excluding hydrogens is 98.0 g/mol. The molecule has 4 N–H and O–H groups in total. The number of hydrogen-bond donors (Lipinski definition) is 4. The summed E-state index contributed by atoms with van der Waals surface area (Å²) >= 11 is 0. The van der Waals surface area contributed by atoms with E-state index in [9.17, 15) is 4.79 Å². The molecule has 0 bridgehead atoms. The van der Waals surface area contributed by atoms with Crippen LogP contribution >= 0.6 is 0 Å². The first-order chi connectivity index (χ1) is 3.31. The van der Waals surface area contributed by atoms with Gasteiger partial charge in [0.05, 0.1) is 0 Å². The van der Waals surface area contributed by atoms with E-state index in [-0.39, 0.29) is 0 Å². The molecule has 0 spiro atoms. The monoisotopic (exact) mass is 105 g/mol. The number of carbonyl (C=O) groups excluding carboxylic acids is 1. The highest BCUT2D eigenvalue weighted by Gasteiger charge is 1.86. The minimum absolute atomic E-state index is 0.484. The average molecular weight is 105 g/mol. The Morgan fingerprint density at radius 2 is 2.29 bits per heavy atom. The summed E-state index contributed by atoms with van der Waals surface area (Å²) in [5, 5.41) is 9.94. The first-order valence-electron chi connectivity index (χ1n) is 1.68. The zero-order valence-electron chi connectivity index (χ0n) is 3.86. The molecule has 0 saturated carbocycles. The van der Waals surface area contributed by atoms with Gasteiger partial charge in [-0.25, -0.2) is 4.79 Å². The number of amides is 2. The van der Waals surface area contributed by atoms with Gasteiger partial charge >= 0.3 is 6.03 Å². The van der Waals surface area contributed by atoms with Crippen LogP contribution in [-0.2, 0) is 0 Å². The number of hydrazine groups is 1. The zero-order chi connectivity index (χ0) is 5.70.